The molecule has 0 radical (unpaired) electrons. The molecular weight excluding hydrogens is 362 g/mol. The van der Waals surface area contributed by atoms with Crippen molar-refractivity contribution < 1.29 is 0 Å². The van der Waals surface area contributed by atoms with Crippen LogP contribution in [0.5, 0.6) is 0 Å². The minimum absolute atomic E-state index is 0.986. The second-order valence-electron chi connectivity index (χ2n) is 9.12. The van der Waals surface area contributed by atoms with Crippen molar-refractivity contribution in [1.29, 1.82) is 0 Å². The van der Waals surface area contributed by atoms with Crippen molar-refractivity contribution in [3.63, 3.8) is 0 Å². The maximum absolute atomic E-state index is 3.64. The first-order valence-electron chi connectivity index (χ1n) is 13.1. The highest BCUT2D eigenvalue weighted by atomic mass is 14.8. The van der Waals surface area contributed by atoms with Gasteiger partial charge in [0.15, 0.2) is 0 Å². The van der Waals surface area contributed by atoms with Crippen LogP contribution in [-0.4, -0.2) is 6.54 Å². The van der Waals surface area contributed by atoms with Crippen LogP contribution >= 0.6 is 0 Å². The first-order chi connectivity index (χ1) is 14.9. The minimum atomic E-state index is 0.986. The molecular formula is C29H47N. The van der Waals surface area contributed by atoms with Gasteiger partial charge >= 0.3 is 0 Å². The van der Waals surface area contributed by atoms with E-state index in [4.69, 9.17) is 0 Å². The van der Waals surface area contributed by atoms with Crippen LogP contribution in [0.25, 0.3) is 10.8 Å². The minimum Gasteiger partial charge on any atom is -0.313 e. The quantitative estimate of drug-likeness (QED) is 0.228. The van der Waals surface area contributed by atoms with Crippen molar-refractivity contribution in [3.05, 3.63) is 48.0 Å². The molecule has 0 aromatic heterocycles. The van der Waals surface area contributed by atoms with Gasteiger partial charge in [0.05, 0.1) is 0 Å². The lowest BCUT2D eigenvalue weighted by molar-refractivity contribution is 0.525. The molecule has 0 aliphatic heterocycles. The van der Waals surface area contributed by atoms with Gasteiger partial charge in [-0.2, -0.15) is 0 Å². The van der Waals surface area contributed by atoms with Crippen LogP contribution in [0.15, 0.2) is 42.5 Å². The predicted molar refractivity (Wildman–Crippen MR) is 135 cm³/mol. The number of nitrogens with one attached hydrogen (secondary N) is 1. The van der Waals surface area contributed by atoms with E-state index in [0.717, 1.165) is 13.1 Å². The van der Waals surface area contributed by atoms with E-state index in [2.05, 4.69) is 54.7 Å². The molecule has 30 heavy (non-hydrogen) atoms. The molecule has 0 heterocycles. The molecule has 0 spiro atoms. The molecule has 0 aliphatic rings. The summed E-state index contributed by atoms with van der Waals surface area (Å²) in [7, 11) is 0. The predicted octanol–water partition coefficient (Wildman–Crippen LogP) is 9.19. The standard InChI is InChI=1S/C29H47N/c1-2-3-4-5-6-7-8-9-10-11-12-13-14-15-16-19-25-30-26-28-23-20-22-27-21-17-18-24-29(27)28/h17-18,20-24,30H,2-16,19,25-26H2,1H3. The van der Waals surface area contributed by atoms with Crippen molar-refractivity contribution in [2.45, 2.75) is 116 Å². The van der Waals surface area contributed by atoms with Crippen molar-refractivity contribution in [2.24, 2.45) is 0 Å². The largest absolute Gasteiger partial charge is 0.313 e. The molecule has 0 bridgehead atoms. The fourth-order valence-corrected chi connectivity index (χ4v) is 4.47. The third kappa shape index (κ3) is 11.2. The van der Waals surface area contributed by atoms with Gasteiger partial charge in [0.1, 0.15) is 0 Å². The van der Waals surface area contributed by atoms with E-state index < -0.39 is 0 Å². The summed E-state index contributed by atoms with van der Waals surface area (Å²) in [4.78, 5) is 0. The Bertz CT molecular complexity index is 642. The molecule has 168 valence electrons. The molecule has 2 aromatic carbocycles. The fraction of sp³-hybridized carbons (Fsp3) is 0.655. The molecule has 1 nitrogen and oxygen atoms in total. The summed E-state index contributed by atoms with van der Waals surface area (Å²) in [5, 5.41) is 6.38. The topological polar surface area (TPSA) is 12.0 Å². The first kappa shape index (κ1) is 24.9. The average molecular weight is 410 g/mol. The highest BCUT2D eigenvalue weighted by Gasteiger charge is 1.99. The lowest BCUT2D eigenvalue weighted by Crippen LogP contribution is -2.14. The van der Waals surface area contributed by atoms with Gasteiger partial charge in [-0.1, -0.05) is 146 Å². The van der Waals surface area contributed by atoms with Crippen molar-refractivity contribution in [3.8, 4) is 0 Å². The van der Waals surface area contributed by atoms with Crippen molar-refractivity contribution >= 4 is 10.8 Å². The van der Waals surface area contributed by atoms with Gasteiger partial charge in [-0.15, -0.1) is 0 Å². The summed E-state index contributed by atoms with van der Waals surface area (Å²) in [5.74, 6) is 0. The van der Waals surface area contributed by atoms with Crippen LogP contribution in [0.2, 0.25) is 0 Å². The summed E-state index contributed by atoms with van der Waals surface area (Å²) in [6.45, 7) is 4.42. The van der Waals surface area contributed by atoms with Crippen LogP contribution in [-0.2, 0) is 6.54 Å². The Balaban J connectivity index is 1.33. The summed E-state index contributed by atoms with van der Waals surface area (Å²) in [6, 6.07) is 15.3. The van der Waals surface area contributed by atoms with Crippen LogP contribution in [0, 0.1) is 0 Å². The van der Waals surface area contributed by atoms with Gasteiger partial charge < -0.3 is 5.32 Å². The zero-order valence-electron chi connectivity index (χ0n) is 19.8. The zero-order chi connectivity index (χ0) is 21.1. The molecule has 0 unspecified atom stereocenters. The van der Waals surface area contributed by atoms with Crippen LogP contribution in [0.1, 0.15) is 115 Å². The second kappa shape index (κ2) is 17.4. The lowest BCUT2D eigenvalue weighted by Gasteiger charge is -2.08. The Morgan fingerprint density at radius 2 is 1.03 bits per heavy atom. The smallest absolute Gasteiger partial charge is 0.0211 e. The van der Waals surface area contributed by atoms with Crippen molar-refractivity contribution in [1.82, 2.24) is 5.32 Å². The Kier molecular flexibility index (Phi) is 14.4. The third-order valence-corrected chi connectivity index (χ3v) is 6.40. The maximum Gasteiger partial charge on any atom is 0.0211 e. The van der Waals surface area contributed by atoms with E-state index in [1.165, 1.54) is 119 Å². The fourth-order valence-electron chi connectivity index (χ4n) is 4.47. The monoisotopic (exact) mass is 409 g/mol. The number of rotatable bonds is 19. The summed E-state index contributed by atoms with van der Waals surface area (Å²) >= 11 is 0. The first-order valence-corrected chi connectivity index (χ1v) is 13.1. The van der Waals surface area contributed by atoms with Crippen molar-refractivity contribution in [2.75, 3.05) is 6.54 Å². The molecule has 1 N–H and O–H groups in total. The molecule has 0 aliphatic carbocycles. The molecule has 0 atom stereocenters. The van der Waals surface area contributed by atoms with Crippen LogP contribution in [0.4, 0.5) is 0 Å². The molecule has 0 amide bonds. The Morgan fingerprint density at radius 3 is 1.63 bits per heavy atom. The van der Waals surface area contributed by atoms with E-state index in [-0.39, 0.29) is 0 Å². The van der Waals surface area contributed by atoms with Gasteiger partial charge in [-0.05, 0) is 29.3 Å². The van der Waals surface area contributed by atoms with Crippen LogP contribution < -0.4 is 5.32 Å². The maximum atomic E-state index is 3.64. The zero-order valence-corrected chi connectivity index (χ0v) is 19.8. The van der Waals surface area contributed by atoms with Crippen LogP contribution in [0.3, 0.4) is 0 Å². The molecule has 1 heteroatoms. The number of unbranched alkanes of at least 4 members (excludes halogenated alkanes) is 15. The van der Waals surface area contributed by atoms with E-state index in [1.807, 2.05) is 0 Å². The molecule has 0 saturated heterocycles. The van der Waals surface area contributed by atoms with Gasteiger partial charge in [-0.3, -0.25) is 0 Å². The van der Waals surface area contributed by atoms with Gasteiger partial charge in [0, 0.05) is 6.54 Å². The van der Waals surface area contributed by atoms with E-state index in [9.17, 15) is 0 Å². The average Bonchev–Trinajstić information content (AvgIpc) is 2.78. The normalized spacial score (nSPS) is 11.4. The molecule has 2 rings (SSSR count). The molecule has 2 aromatic rings. The van der Waals surface area contributed by atoms with Gasteiger partial charge in [-0.25, -0.2) is 0 Å². The van der Waals surface area contributed by atoms with E-state index in [0.29, 0.717) is 0 Å². The number of hydrogen-bond donors (Lipinski definition) is 1. The third-order valence-electron chi connectivity index (χ3n) is 6.40. The second-order valence-corrected chi connectivity index (χ2v) is 9.12. The highest BCUT2D eigenvalue weighted by Crippen LogP contribution is 2.18. The SMILES string of the molecule is CCCCCCCCCCCCCCCCCCNCc1cccc2ccccc12. The van der Waals surface area contributed by atoms with E-state index >= 15 is 0 Å². The Labute approximate surface area is 187 Å². The summed E-state index contributed by atoms with van der Waals surface area (Å²) in [6.07, 6.45) is 22.9. The van der Waals surface area contributed by atoms with Gasteiger partial charge in [0.2, 0.25) is 0 Å². The highest BCUT2D eigenvalue weighted by molar-refractivity contribution is 5.85. The number of fused-ring (bicyclic) bond motifs is 1. The van der Waals surface area contributed by atoms with E-state index in [1.54, 1.807) is 0 Å². The van der Waals surface area contributed by atoms with Gasteiger partial charge in [0.25, 0.3) is 0 Å². The number of hydrogen-bond acceptors (Lipinski definition) is 1. The Morgan fingerprint density at radius 1 is 0.533 bits per heavy atom. The Hall–Kier alpha value is -1.34. The summed E-state index contributed by atoms with van der Waals surface area (Å²) in [5.41, 5.74) is 1.42. The number of benzene rings is 2. The molecule has 0 saturated carbocycles. The summed E-state index contributed by atoms with van der Waals surface area (Å²) < 4.78 is 0. The molecule has 0 fully saturated rings. The lowest BCUT2D eigenvalue weighted by atomic mass is 10.0.